The van der Waals surface area contributed by atoms with Gasteiger partial charge in [-0.3, -0.25) is 9.69 Å². The fourth-order valence-electron chi connectivity index (χ4n) is 3.32. The maximum atomic E-state index is 12.3. The number of carbonyl (C=O) groups excluding carboxylic acids is 1. The molecule has 2 aliphatic rings. The van der Waals surface area contributed by atoms with Gasteiger partial charge in [0.05, 0.1) is 12.4 Å². The topological polar surface area (TPSA) is 32.8 Å². The number of rotatable bonds is 7. The lowest BCUT2D eigenvalue weighted by Crippen LogP contribution is -2.48. The summed E-state index contributed by atoms with van der Waals surface area (Å²) in [4.78, 5) is 16.8. The van der Waals surface area contributed by atoms with Crippen LogP contribution in [-0.2, 0) is 17.8 Å². The summed E-state index contributed by atoms with van der Waals surface area (Å²) in [5.74, 6) is 3.80. The van der Waals surface area contributed by atoms with E-state index in [4.69, 9.17) is 4.74 Å². The first-order chi connectivity index (χ1) is 12.1. The van der Waals surface area contributed by atoms with Crippen LogP contribution < -0.4 is 4.74 Å². The van der Waals surface area contributed by atoms with Crippen molar-refractivity contribution in [2.24, 2.45) is 5.92 Å². The molecule has 1 aromatic carbocycles. The van der Waals surface area contributed by atoms with E-state index < -0.39 is 0 Å². The summed E-state index contributed by atoms with van der Waals surface area (Å²) in [6, 6.07) is 6.56. The van der Waals surface area contributed by atoms with Crippen molar-refractivity contribution in [1.82, 2.24) is 9.80 Å². The Kier molecular flexibility index (Phi) is 6.65. The molecule has 25 heavy (non-hydrogen) atoms. The Morgan fingerprint density at radius 2 is 2.04 bits per heavy atom. The third kappa shape index (κ3) is 5.38. The number of thioether (sulfide) groups is 1. The summed E-state index contributed by atoms with van der Waals surface area (Å²) in [7, 11) is 0. The molecule has 1 aromatic rings. The molecule has 4 nitrogen and oxygen atoms in total. The lowest BCUT2D eigenvalue weighted by Gasteiger charge is -2.34. The Morgan fingerprint density at radius 1 is 1.24 bits per heavy atom. The van der Waals surface area contributed by atoms with Crippen LogP contribution in [-0.4, -0.2) is 60.0 Å². The molecule has 0 spiro atoms. The van der Waals surface area contributed by atoms with Crippen LogP contribution in [0.25, 0.3) is 0 Å². The predicted octanol–water partition coefficient (Wildman–Crippen LogP) is 3.05. The van der Waals surface area contributed by atoms with Crippen molar-refractivity contribution in [3.63, 3.8) is 0 Å². The monoisotopic (exact) mass is 362 g/mol. The molecule has 0 aromatic heterocycles. The number of benzene rings is 1. The second-order valence-electron chi connectivity index (χ2n) is 7.43. The Hall–Kier alpha value is -1.20. The Bertz CT molecular complexity index is 583. The predicted molar refractivity (Wildman–Crippen MR) is 104 cm³/mol. The minimum absolute atomic E-state index is 0.308. The van der Waals surface area contributed by atoms with Crippen molar-refractivity contribution < 1.29 is 9.53 Å². The molecule has 0 atom stereocenters. The number of hydrogen-bond acceptors (Lipinski definition) is 4. The van der Waals surface area contributed by atoms with Crippen LogP contribution in [0.4, 0.5) is 0 Å². The Labute approximate surface area is 155 Å². The highest BCUT2D eigenvalue weighted by Crippen LogP contribution is 2.26. The lowest BCUT2D eigenvalue weighted by atomic mass is 10.1. The van der Waals surface area contributed by atoms with E-state index in [1.54, 1.807) is 11.8 Å². The molecule has 1 fully saturated rings. The molecule has 5 heteroatoms. The minimum atomic E-state index is 0.308. The number of amides is 1. The van der Waals surface area contributed by atoms with Gasteiger partial charge in [-0.05, 0) is 35.3 Å². The second kappa shape index (κ2) is 8.95. The average molecular weight is 363 g/mol. The van der Waals surface area contributed by atoms with Gasteiger partial charge in [0.15, 0.2) is 0 Å². The first-order valence-electron chi connectivity index (χ1n) is 9.44. The standard InChI is InChI=1S/C20H30N2O2S/c1-16(2)6-12-25-15-20(23)22-9-7-21(8-10-22)14-17-3-4-19-18(13-17)5-11-24-19/h3-4,13,16H,5-12,14-15H2,1-2H3. The fraction of sp³-hybridized carbons (Fsp3) is 0.650. The molecule has 138 valence electrons. The Morgan fingerprint density at radius 3 is 2.80 bits per heavy atom. The van der Waals surface area contributed by atoms with E-state index in [9.17, 15) is 4.79 Å². The van der Waals surface area contributed by atoms with Crippen LogP contribution in [0.2, 0.25) is 0 Å². The van der Waals surface area contributed by atoms with Crippen molar-refractivity contribution in [1.29, 1.82) is 0 Å². The van der Waals surface area contributed by atoms with E-state index in [2.05, 4.69) is 36.9 Å². The molecular formula is C20H30N2O2S. The maximum Gasteiger partial charge on any atom is 0.232 e. The summed E-state index contributed by atoms with van der Waals surface area (Å²) in [6.45, 7) is 9.90. The van der Waals surface area contributed by atoms with Gasteiger partial charge < -0.3 is 9.64 Å². The van der Waals surface area contributed by atoms with Gasteiger partial charge in [-0.1, -0.05) is 26.0 Å². The van der Waals surface area contributed by atoms with E-state index in [-0.39, 0.29) is 0 Å². The van der Waals surface area contributed by atoms with Gasteiger partial charge in [0.1, 0.15) is 5.75 Å². The molecule has 0 aliphatic carbocycles. The zero-order valence-electron chi connectivity index (χ0n) is 15.5. The van der Waals surface area contributed by atoms with Gasteiger partial charge in [0, 0.05) is 39.1 Å². The molecule has 1 saturated heterocycles. The molecule has 1 amide bonds. The van der Waals surface area contributed by atoms with E-state index >= 15 is 0 Å². The van der Waals surface area contributed by atoms with Gasteiger partial charge in [-0.15, -0.1) is 0 Å². The first kappa shape index (κ1) is 18.6. The zero-order chi connectivity index (χ0) is 17.6. The highest BCUT2D eigenvalue weighted by Gasteiger charge is 2.21. The van der Waals surface area contributed by atoms with Crippen molar-refractivity contribution in [2.45, 2.75) is 33.2 Å². The van der Waals surface area contributed by atoms with Crippen LogP contribution in [0.1, 0.15) is 31.4 Å². The van der Waals surface area contributed by atoms with E-state index in [0.29, 0.717) is 11.7 Å². The fourth-order valence-corrected chi connectivity index (χ4v) is 4.46. The molecule has 2 heterocycles. The van der Waals surface area contributed by atoms with Crippen LogP contribution in [0.3, 0.4) is 0 Å². The number of ether oxygens (including phenoxy) is 1. The summed E-state index contributed by atoms with van der Waals surface area (Å²) in [5.41, 5.74) is 2.69. The maximum absolute atomic E-state index is 12.3. The SMILES string of the molecule is CC(C)CCSCC(=O)N1CCN(Cc2ccc3c(c2)CCO3)CC1. The summed E-state index contributed by atoms with van der Waals surface area (Å²) in [5, 5.41) is 0. The molecule has 2 aliphatic heterocycles. The van der Waals surface area contributed by atoms with Crippen LogP contribution >= 0.6 is 11.8 Å². The summed E-state index contributed by atoms with van der Waals surface area (Å²) in [6.07, 6.45) is 2.22. The number of nitrogens with zero attached hydrogens (tertiary/aromatic N) is 2. The first-order valence-corrected chi connectivity index (χ1v) is 10.6. The molecular weight excluding hydrogens is 332 g/mol. The van der Waals surface area contributed by atoms with Gasteiger partial charge >= 0.3 is 0 Å². The third-order valence-electron chi connectivity index (χ3n) is 4.95. The van der Waals surface area contributed by atoms with Gasteiger partial charge in [-0.25, -0.2) is 0 Å². The second-order valence-corrected chi connectivity index (χ2v) is 8.54. The molecule has 0 saturated carbocycles. The largest absolute Gasteiger partial charge is 0.493 e. The molecule has 0 unspecified atom stereocenters. The lowest BCUT2D eigenvalue weighted by molar-refractivity contribution is -0.130. The van der Waals surface area contributed by atoms with Crippen LogP contribution in [0.5, 0.6) is 5.75 Å². The zero-order valence-corrected chi connectivity index (χ0v) is 16.3. The van der Waals surface area contributed by atoms with E-state index in [0.717, 1.165) is 63.2 Å². The Balaban J connectivity index is 1.39. The molecule has 0 bridgehead atoms. The molecule has 3 rings (SSSR count). The van der Waals surface area contributed by atoms with Crippen LogP contribution in [0.15, 0.2) is 18.2 Å². The average Bonchev–Trinajstić information content (AvgIpc) is 3.07. The number of hydrogen-bond donors (Lipinski definition) is 0. The van der Waals surface area contributed by atoms with E-state index in [1.165, 1.54) is 17.5 Å². The smallest absolute Gasteiger partial charge is 0.232 e. The highest BCUT2D eigenvalue weighted by atomic mass is 32.2. The van der Waals surface area contributed by atoms with Gasteiger partial charge in [0.25, 0.3) is 0 Å². The summed E-state index contributed by atoms with van der Waals surface area (Å²) >= 11 is 1.78. The van der Waals surface area contributed by atoms with Crippen LogP contribution in [0, 0.1) is 5.92 Å². The number of carbonyl (C=O) groups is 1. The van der Waals surface area contributed by atoms with Crippen molar-refractivity contribution in [2.75, 3.05) is 44.3 Å². The minimum Gasteiger partial charge on any atom is -0.493 e. The molecule has 0 radical (unpaired) electrons. The number of piperazine rings is 1. The normalized spacial score (nSPS) is 17.6. The third-order valence-corrected chi connectivity index (χ3v) is 5.93. The van der Waals surface area contributed by atoms with Gasteiger partial charge in [0.2, 0.25) is 5.91 Å². The van der Waals surface area contributed by atoms with Gasteiger partial charge in [-0.2, -0.15) is 11.8 Å². The quantitative estimate of drug-likeness (QED) is 0.698. The van der Waals surface area contributed by atoms with Crippen molar-refractivity contribution in [3.8, 4) is 5.75 Å². The van der Waals surface area contributed by atoms with Crippen molar-refractivity contribution >= 4 is 17.7 Å². The van der Waals surface area contributed by atoms with Crippen molar-refractivity contribution in [3.05, 3.63) is 29.3 Å². The summed E-state index contributed by atoms with van der Waals surface area (Å²) < 4.78 is 5.58. The highest BCUT2D eigenvalue weighted by molar-refractivity contribution is 7.99. The van der Waals surface area contributed by atoms with E-state index in [1.807, 2.05) is 4.90 Å². The molecule has 0 N–H and O–H groups in total. The number of fused-ring (bicyclic) bond motifs is 1.